The highest BCUT2D eigenvalue weighted by molar-refractivity contribution is 8.12. The van der Waals surface area contributed by atoms with Crippen LogP contribution in [0.1, 0.15) is 52.9 Å². The Morgan fingerprint density at radius 3 is 2.70 bits per heavy atom. The molecule has 0 bridgehead atoms. The van der Waals surface area contributed by atoms with Crippen LogP contribution < -0.4 is 0 Å². The Morgan fingerprint density at radius 1 is 1.30 bits per heavy atom. The number of nitrogens with zero attached hydrogens (tertiary/aromatic N) is 1. The molecule has 0 amide bonds. The van der Waals surface area contributed by atoms with Crippen LogP contribution in [0.15, 0.2) is 12.7 Å². The smallest absolute Gasteiger partial charge is 0.324 e. The van der Waals surface area contributed by atoms with Gasteiger partial charge in [0.05, 0.1) is 0 Å². The van der Waals surface area contributed by atoms with Crippen molar-refractivity contribution < 1.29 is 14.3 Å². The summed E-state index contributed by atoms with van der Waals surface area (Å²) in [4.78, 5) is 24.2. The maximum absolute atomic E-state index is 12.7. The summed E-state index contributed by atoms with van der Waals surface area (Å²) in [6.07, 6.45) is 6.32. The van der Waals surface area contributed by atoms with Gasteiger partial charge < -0.3 is 4.74 Å². The number of hydrogen-bond acceptors (Lipinski definition) is 5. The molecule has 130 valence electrons. The summed E-state index contributed by atoms with van der Waals surface area (Å²) >= 11 is 1.09. The maximum Gasteiger partial charge on any atom is 0.324 e. The normalized spacial score (nSPS) is 32.0. The first-order chi connectivity index (χ1) is 10.9. The predicted molar refractivity (Wildman–Crippen MR) is 93.7 cm³/mol. The van der Waals surface area contributed by atoms with Crippen molar-refractivity contribution in [1.29, 1.82) is 0 Å². The zero-order valence-electron chi connectivity index (χ0n) is 14.5. The molecule has 2 aliphatic rings. The van der Waals surface area contributed by atoms with Gasteiger partial charge in [0.1, 0.15) is 12.1 Å². The third kappa shape index (κ3) is 4.83. The van der Waals surface area contributed by atoms with Gasteiger partial charge in [0.25, 0.3) is 0 Å². The summed E-state index contributed by atoms with van der Waals surface area (Å²) in [6, 6.07) is -0.297. The van der Waals surface area contributed by atoms with Crippen molar-refractivity contribution in [3.05, 3.63) is 12.7 Å². The molecule has 1 heterocycles. The molecule has 1 saturated carbocycles. The van der Waals surface area contributed by atoms with Gasteiger partial charge in [-0.2, -0.15) is 0 Å². The molecule has 1 aliphatic carbocycles. The molecule has 5 heteroatoms. The fraction of sp³-hybridized carbons (Fsp3) is 0.778. The number of hydrogen-bond donors (Lipinski definition) is 0. The summed E-state index contributed by atoms with van der Waals surface area (Å²) in [6.45, 7) is 10.9. The molecule has 2 fully saturated rings. The minimum absolute atomic E-state index is 0.0220. The minimum atomic E-state index is -0.297. The highest BCUT2D eigenvalue weighted by Gasteiger charge is 2.38. The van der Waals surface area contributed by atoms with Gasteiger partial charge in [0.15, 0.2) is 0 Å². The minimum Gasteiger partial charge on any atom is -0.461 e. The molecule has 1 aliphatic heterocycles. The number of esters is 1. The Balaban J connectivity index is 1.98. The highest BCUT2D eigenvalue weighted by Crippen LogP contribution is 2.36. The average Bonchev–Trinajstić information content (AvgIpc) is 2.95. The van der Waals surface area contributed by atoms with Crippen LogP contribution in [0.25, 0.3) is 0 Å². The van der Waals surface area contributed by atoms with Gasteiger partial charge in [-0.05, 0) is 49.5 Å². The zero-order chi connectivity index (χ0) is 17.0. The highest BCUT2D eigenvalue weighted by atomic mass is 32.2. The van der Waals surface area contributed by atoms with E-state index < -0.39 is 0 Å². The molecular weight excluding hydrogens is 310 g/mol. The molecule has 1 saturated heterocycles. The fourth-order valence-electron chi connectivity index (χ4n) is 3.72. The number of carbonyl (C=O) groups is 2. The average molecular weight is 340 g/mol. The Morgan fingerprint density at radius 2 is 2.04 bits per heavy atom. The molecule has 2 rings (SSSR count). The molecule has 0 aromatic carbocycles. The third-order valence-electron chi connectivity index (χ3n) is 5.08. The Labute approximate surface area is 144 Å². The molecule has 4 atom stereocenters. The van der Waals surface area contributed by atoms with Crippen LogP contribution in [0.2, 0.25) is 0 Å². The number of ether oxygens (including phenoxy) is 1. The third-order valence-corrected chi connectivity index (χ3v) is 6.10. The standard InChI is InChI=1S/C18H29NO3S/c1-5-17(20)23-19-10-6-7-15(19)18(21)22-16-11-13(4)8-9-14(16)12(2)3/h5,12-16H,1,6-11H2,2-4H3/t13?,14?,15?,16-/m1/s1. The van der Waals surface area contributed by atoms with Crippen LogP contribution in [0.3, 0.4) is 0 Å². The van der Waals surface area contributed by atoms with Crippen molar-refractivity contribution in [2.24, 2.45) is 17.8 Å². The van der Waals surface area contributed by atoms with Crippen molar-refractivity contribution >= 4 is 23.0 Å². The van der Waals surface area contributed by atoms with Crippen LogP contribution in [-0.2, 0) is 14.3 Å². The summed E-state index contributed by atoms with van der Waals surface area (Å²) in [7, 11) is 0. The molecular formula is C18H29NO3S. The second kappa shape index (κ2) is 8.34. The first-order valence-electron chi connectivity index (χ1n) is 8.73. The van der Waals surface area contributed by atoms with Gasteiger partial charge in [-0.1, -0.05) is 33.8 Å². The van der Waals surface area contributed by atoms with Crippen molar-refractivity contribution in [3.8, 4) is 0 Å². The van der Waals surface area contributed by atoms with Gasteiger partial charge in [-0.3, -0.25) is 9.59 Å². The van der Waals surface area contributed by atoms with Gasteiger partial charge in [0.2, 0.25) is 5.12 Å². The summed E-state index contributed by atoms with van der Waals surface area (Å²) in [5.41, 5.74) is 0. The fourth-order valence-corrected chi connectivity index (χ4v) is 4.56. The van der Waals surface area contributed by atoms with Gasteiger partial charge in [-0.15, -0.1) is 0 Å². The second-order valence-electron chi connectivity index (χ2n) is 7.21. The van der Waals surface area contributed by atoms with E-state index in [4.69, 9.17) is 4.74 Å². The van der Waals surface area contributed by atoms with Crippen molar-refractivity contribution in [2.45, 2.75) is 65.0 Å². The van der Waals surface area contributed by atoms with Gasteiger partial charge in [0, 0.05) is 18.5 Å². The van der Waals surface area contributed by atoms with Crippen molar-refractivity contribution in [1.82, 2.24) is 4.31 Å². The topological polar surface area (TPSA) is 46.6 Å². The first-order valence-corrected chi connectivity index (χ1v) is 9.51. The summed E-state index contributed by atoms with van der Waals surface area (Å²) in [5, 5.41) is -0.115. The Bertz CT molecular complexity index is 452. The van der Waals surface area contributed by atoms with Crippen LogP contribution in [-0.4, -0.2) is 34.1 Å². The van der Waals surface area contributed by atoms with Crippen LogP contribution in [0.5, 0.6) is 0 Å². The van der Waals surface area contributed by atoms with Gasteiger partial charge in [-0.25, -0.2) is 4.31 Å². The zero-order valence-corrected chi connectivity index (χ0v) is 15.3. The van der Waals surface area contributed by atoms with Crippen molar-refractivity contribution in [2.75, 3.05) is 6.54 Å². The van der Waals surface area contributed by atoms with Crippen LogP contribution in [0.4, 0.5) is 0 Å². The van der Waals surface area contributed by atoms with E-state index in [0.717, 1.165) is 44.2 Å². The van der Waals surface area contributed by atoms with E-state index in [1.165, 1.54) is 12.5 Å². The lowest BCUT2D eigenvalue weighted by atomic mass is 9.75. The molecule has 0 N–H and O–H groups in total. The number of carbonyl (C=O) groups excluding carboxylic acids is 2. The second-order valence-corrected chi connectivity index (χ2v) is 8.27. The molecule has 0 aromatic rings. The van der Waals surface area contributed by atoms with E-state index in [9.17, 15) is 9.59 Å². The molecule has 0 aromatic heterocycles. The van der Waals surface area contributed by atoms with E-state index in [2.05, 4.69) is 27.4 Å². The van der Waals surface area contributed by atoms with Gasteiger partial charge >= 0.3 is 5.97 Å². The van der Waals surface area contributed by atoms with Crippen LogP contribution >= 0.6 is 11.9 Å². The molecule has 3 unspecified atom stereocenters. The predicted octanol–water partition coefficient (Wildman–Crippen LogP) is 3.82. The number of rotatable bonds is 5. The molecule has 0 spiro atoms. The largest absolute Gasteiger partial charge is 0.461 e. The Kier molecular flexibility index (Phi) is 6.72. The summed E-state index contributed by atoms with van der Waals surface area (Å²) in [5.74, 6) is 1.43. The lowest BCUT2D eigenvalue weighted by molar-refractivity contribution is -0.159. The van der Waals surface area contributed by atoms with Crippen LogP contribution in [0, 0.1) is 17.8 Å². The van der Waals surface area contributed by atoms with E-state index in [1.54, 1.807) is 0 Å². The van der Waals surface area contributed by atoms with Crippen molar-refractivity contribution in [3.63, 3.8) is 0 Å². The molecule has 23 heavy (non-hydrogen) atoms. The molecule has 4 nitrogen and oxygen atoms in total. The summed E-state index contributed by atoms with van der Waals surface area (Å²) < 4.78 is 7.80. The Hall–Kier alpha value is -0.810. The van der Waals surface area contributed by atoms with E-state index >= 15 is 0 Å². The quantitative estimate of drug-likeness (QED) is 0.433. The monoisotopic (exact) mass is 339 g/mol. The van der Waals surface area contributed by atoms with E-state index in [-0.39, 0.29) is 23.2 Å². The lowest BCUT2D eigenvalue weighted by Gasteiger charge is -2.37. The van der Waals surface area contributed by atoms with E-state index in [1.807, 2.05) is 4.31 Å². The lowest BCUT2D eigenvalue weighted by Crippen LogP contribution is -2.41. The SMILES string of the molecule is C=CC(=O)SN1CCCC1C(=O)O[C@@H]1CC(C)CCC1C(C)C. The maximum atomic E-state index is 12.7. The van der Waals surface area contributed by atoms with E-state index in [0.29, 0.717) is 17.8 Å². The molecule has 0 radical (unpaired) electrons. The first kappa shape index (κ1) is 18.5.